The Morgan fingerprint density at radius 3 is 2.50 bits per heavy atom. The molecule has 0 fully saturated rings. The second kappa shape index (κ2) is 5.69. The number of carbonyl (C=O) groups is 1. The van der Waals surface area contributed by atoms with E-state index >= 15 is 0 Å². The first kappa shape index (κ1) is 13.8. The lowest BCUT2D eigenvalue weighted by molar-refractivity contribution is -0.385. The van der Waals surface area contributed by atoms with Crippen LogP contribution in [0.1, 0.15) is 15.9 Å². The molecule has 6 heteroatoms. The number of rotatable bonds is 4. The molecule has 0 aromatic heterocycles. The summed E-state index contributed by atoms with van der Waals surface area (Å²) in [5.41, 5.74) is 0.669. The fourth-order valence-electron chi connectivity index (χ4n) is 2.10. The molecule has 0 unspecified atom stereocenters. The van der Waals surface area contributed by atoms with Gasteiger partial charge in [0.05, 0.1) is 16.6 Å². The van der Waals surface area contributed by atoms with Gasteiger partial charge in [-0.1, -0.05) is 30.3 Å². The number of benzene rings is 2. The van der Waals surface area contributed by atoms with Crippen molar-refractivity contribution in [3.8, 4) is 11.5 Å². The van der Waals surface area contributed by atoms with Gasteiger partial charge in [-0.2, -0.15) is 0 Å². The maximum atomic E-state index is 12.0. The van der Waals surface area contributed by atoms with E-state index in [1.807, 2.05) is 6.07 Å². The van der Waals surface area contributed by atoms with Crippen molar-refractivity contribution in [3.05, 3.63) is 69.8 Å². The van der Waals surface area contributed by atoms with E-state index in [0.717, 1.165) is 0 Å². The summed E-state index contributed by atoms with van der Waals surface area (Å²) in [6, 6.07) is 11.5. The maximum absolute atomic E-state index is 12.0. The highest BCUT2D eigenvalue weighted by Gasteiger charge is 2.22. The van der Waals surface area contributed by atoms with Crippen molar-refractivity contribution in [1.82, 2.24) is 0 Å². The number of nitro groups is 1. The highest BCUT2D eigenvalue weighted by molar-refractivity contribution is 6.07. The summed E-state index contributed by atoms with van der Waals surface area (Å²) in [5, 5.41) is 11.1. The van der Waals surface area contributed by atoms with Crippen LogP contribution in [0.5, 0.6) is 11.5 Å². The normalized spacial score (nSPS) is 12.5. The monoisotopic (exact) mass is 297 g/mol. The molecule has 0 atom stereocenters. The average molecular weight is 297 g/mol. The summed E-state index contributed by atoms with van der Waals surface area (Å²) in [6.45, 7) is 0.0304. The maximum Gasteiger partial charge on any atom is 0.280 e. The number of hydrogen-bond acceptors (Lipinski definition) is 5. The molecule has 0 spiro atoms. The molecule has 22 heavy (non-hydrogen) atoms. The van der Waals surface area contributed by atoms with Crippen molar-refractivity contribution in [3.63, 3.8) is 0 Å². The largest absolute Gasteiger partial charge is 0.454 e. The molecule has 6 nitrogen and oxygen atoms in total. The van der Waals surface area contributed by atoms with Gasteiger partial charge in [0.2, 0.25) is 6.79 Å². The van der Waals surface area contributed by atoms with Crippen molar-refractivity contribution in [2.75, 3.05) is 6.79 Å². The molecular formula is C16H11NO5. The number of hydrogen-bond donors (Lipinski definition) is 0. The number of fused-ring (bicyclic) bond motifs is 1. The van der Waals surface area contributed by atoms with Crippen LogP contribution < -0.4 is 9.47 Å². The summed E-state index contributed by atoms with van der Waals surface area (Å²) < 4.78 is 10.3. The third-order valence-corrected chi connectivity index (χ3v) is 3.19. The van der Waals surface area contributed by atoms with Crippen LogP contribution in [0.2, 0.25) is 0 Å². The van der Waals surface area contributed by atoms with E-state index in [1.165, 1.54) is 24.3 Å². The van der Waals surface area contributed by atoms with E-state index in [9.17, 15) is 14.9 Å². The molecule has 0 amide bonds. The number of allylic oxidation sites excluding steroid dienone is 1. The van der Waals surface area contributed by atoms with E-state index < -0.39 is 4.92 Å². The van der Waals surface area contributed by atoms with E-state index in [-0.39, 0.29) is 18.3 Å². The Hall–Kier alpha value is -3.15. The molecule has 1 heterocycles. The lowest BCUT2D eigenvalue weighted by Gasteiger charge is -2.01. The molecule has 2 aromatic carbocycles. The van der Waals surface area contributed by atoms with Gasteiger partial charge in [0.15, 0.2) is 17.3 Å². The zero-order valence-corrected chi connectivity index (χ0v) is 11.4. The van der Waals surface area contributed by atoms with E-state index in [2.05, 4.69) is 0 Å². The first-order chi connectivity index (χ1) is 10.6. The Labute approximate surface area is 125 Å². The standard InChI is InChI=1S/C16H11NO5/c18-14(11-4-2-1-3-5-11)7-6-12-8-15-16(22-10-21-15)9-13(12)17(19)20/h1-9H,10H2/b7-6+. The Morgan fingerprint density at radius 1 is 1.14 bits per heavy atom. The van der Waals surface area contributed by atoms with Crippen LogP contribution in [0.15, 0.2) is 48.5 Å². The van der Waals surface area contributed by atoms with Gasteiger partial charge < -0.3 is 9.47 Å². The van der Waals surface area contributed by atoms with Crippen LogP contribution in [0, 0.1) is 10.1 Å². The number of ether oxygens (including phenoxy) is 2. The van der Waals surface area contributed by atoms with Crippen LogP contribution in [0.25, 0.3) is 6.08 Å². The zero-order chi connectivity index (χ0) is 15.5. The molecule has 0 aliphatic carbocycles. The quantitative estimate of drug-likeness (QED) is 0.375. The first-order valence-electron chi connectivity index (χ1n) is 6.50. The van der Waals surface area contributed by atoms with Crippen molar-refractivity contribution < 1.29 is 19.2 Å². The predicted octanol–water partition coefficient (Wildman–Crippen LogP) is 3.22. The minimum atomic E-state index is -0.519. The molecule has 3 rings (SSSR count). The second-order valence-corrected chi connectivity index (χ2v) is 4.59. The smallest absolute Gasteiger partial charge is 0.280 e. The summed E-state index contributed by atoms with van der Waals surface area (Å²) in [6.07, 6.45) is 2.72. The van der Waals surface area contributed by atoms with E-state index in [4.69, 9.17) is 9.47 Å². The zero-order valence-electron chi connectivity index (χ0n) is 11.4. The molecule has 0 N–H and O–H groups in total. The first-order valence-corrected chi connectivity index (χ1v) is 6.50. The van der Waals surface area contributed by atoms with Crippen LogP contribution in [-0.2, 0) is 0 Å². The third-order valence-electron chi connectivity index (χ3n) is 3.19. The van der Waals surface area contributed by atoms with Crippen molar-refractivity contribution in [2.24, 2.45) is 0 Å². The van der Waals surface area contributed by atoms with Gasteiger partial charge in [-0.25, -0.2) is 0 Å². The highest BCUT2D eigenvalue weighted by Crippen LogP contribution is 2.38. The number of nitro benzene ring substituents is 1. The Morgan fingerprint density at radius 2 is 1.82 bits per heavy atom. The number of carbonyl (C=O) groups excluding carboxylic acids is 1. The highest BCUT2D eigenvalue weighted by atomic mass is 16.7. The molecule has 0 saturated carbocycles. The minimum absolute atomic E-state index is 0.0304. The Balaban J connectivity index is 1.93. The van der Waals surface area contributed by atoms with E-state index in [1.54, 1.807) is 24.3 Å². The van der Waals surface area contributed by atoms with Crippen LogP contribution in [0.4, 0.5) is 5.69 Å². The Bertz CT molecular complexity index is 768. The Kier molecular flexibility index (Phi) is 3.57. The summed E-state index contributed by atoms with van der Waals surface area (Å²) in [4.78, 5) is 22.6. The summed E-state index contributed by atoms with van der Waals surface area (Å²) in [7, 11) is 0. The predicted molar refractivity (Wildman–Crippen MR) is 79.0 cm³/mol. The molecule has 0 radical (unpaired) electrons. The lowest BCUT2D eigenvalue weighted by atomic mass is 10.1. The van der Waals surface area contributed by atoms with Gasteiger partial charge in [0.25, 0.3) is 5.69 Å². The fraction of sp³-hybridized carbons (Fsp3) is 0.0625. The number of ketones is 1. The summed E-state index contributed by atoms with van der Waals surface area (Å²) in [5.74, 6) is 0.531. The molecular weight excluding hydrogens is 286 g/mol. The SMILES string of the molecule is O=C(/C=C/c1cc2c(cc1[N+](=O)[O-])OCO2)c1ccccc1. The summed E-state index contributed by atoms with van der Waals surface area (Å²) >= 11 is 0. The van der Waals surface area contributed by atoms with Crippen LogP contribution in [-0.4, -0.2) is 17.5 Å². The molecule has 2 aromatic rings. The molecule has 0 saturated heterocycles. The number of nitrogens with zero attached hydrogens (tertiary/aromatic N) is 1. The average Bonchev–Trinajstić information content (AvgIpc) is 2.99. The molecule has 1 aliphatic rings. The minimum Gasteiger partial charge on any atom is -0.454 e. The third kappa shape index (κ3) is 2.67. The van der Waals surface area contributed by atoms with Gasteiger partial charge >= 0.3 is 0 Å². The topological polar surface area (TPSA) is 78.7 Å². The lowest BCUT2D eigenvalue weighted by Crippen LogP contribution is -1.95. The molecule has 110 valence electrons. The van der Waals surface area contributed by atoms with Gasteiger partial charge in [-0.05, 0) is 18.2 Å². The van der Waals surface area contributed by atoms with Gasteiger partial charge in [-0.15, -0.1) is 0 Å². The van der Waals surface area contributed by atoms with Crippen LogP contribution >= 0.6 is 0 Å². The van der Waals surface area contributed by atoms with Gasteiger partial charge in [0, 0.05) is 5.56 Å². The van der Waals surface area contributed by atoms with Gasteiger partial charge in [0.1, 0.15) is 0 Å². The molecule has 0 bridgehead atoms. The van der Waals surface area contributed by atoms with Crippen LogP contribution in [0.3, 0.4) is 0 Å². The van der Waals surface area contributed by atoms with Crippen molar-refractivity contribution in [1.29, 1.82) is 0 Å². The second-order valence-electron chi connectivity index (χ2n) is 4.59. The van der Waals surface area contributed by atoms with Crippen molar-refractivity contribution >= 4 is 17.5 Å². The fourth-order valence-corrected chi connectivity index (χ4v) is 2.10. The van der Waals surface area contributed by atoms with Crippen molar-refractivity contribution in [2.45, 2.75) is 0 Å². The van der Waals surface area contributed by atoms with E-state index in [0.29, 0.717) is 22.6 Å². The molecule has 1 aliphatic heterocycles. The van der Waals surface area contributed by atoms with Gasteiger partial charge in [-0.3, -0.25) is 14.9 Å².